The summed E-state index contributed by atoms with van der Waals surface area (Å²) in [4.78, 5) is 0. The number of halogens is 5. The second-order valence-electron chi connectivity index (χ2n) is 2.84. The minimum absolute atomic E-state index is 0.295. The zero-order chi connectivity index (χ0) is 12.3. The van der Waals surface area contributed by atoms with Crippen LogP contribution in [0.4, 0.5) is 22.0 Å². The molecule has 0 bridgehead atoms. The molecular formula is C9H7F5O2. The fourth-order valence-corrected chi connectivity index (χ4v) is 1.19. The lowest BCUT2D eigenvalue weighted by atomic mass is 10.1. The Balaban J connectivity index is 3.17. The summed E-state index contributed by atoms with van der Waals surface area (Å²) in [6, 6.07) is 2.97. The van der Waals surface area contributed by atoms with Crippen LogP contribution in [0.1, 0.15) is 17.6 Å². The van der Waals surface area contributed by atoms with Gasteiger partial charge in [-0.15, -0.1) is 13.2 Å². The predicted molar refractivity (Wildman–Crippen MR) is 44.0 cm³/mol. The van der Waals surface area contributed by atoms with Gasteiger partial charge in [0.2, 0.25) is 0 Å². The summed E-state index contributed by atoms with van der Waals surface area (Å²) >= 11 is 0. The van der Waals surface area contributed by atoms with Crippen LogP contribution < -0.4 is 4.74 Å². The van der Waals surface area contributed by atoms with Crippen LogP contribution in [-0.4, -0.2) is 11.5 Å². The standard InChI is InChI=1S/C9H7F5O2/c10-8(11)7-5(4-15)2-1-3-6(7)16-9(12,13)14/h1-3,8,15H,4H2. The van der Waals surface area contributed by atoms with Crippen molar-refractivity contribution in [1.82, 2.24) is 0 Å². The fraction of sp³-hybridized carbons (Fsp3) is 0.333. The van der Waals surface area contributed by atoms with Crippen LogP contribution in [0.25, 0.3) is 0 Å². The summed E-state index contributed by atoms with van der Waals surface area (Å²) in [5.74, 6) is -0.992. The Morgan fingerprint density at radius 3 is 2.31 bits per heavy atom. The van der Waals surface area contributed by atoms with Crippen molar-refractivity contribution in [3.8, 4) is 5.75 Å². The third-order valence-electron chi connectivity index (χ3n) is 1.77. The van der Waals surface area contributed by atoms with Crippen LogP contribution in [0, 0.1) is 0 Å². The lowest BCUT2D eigenvalue weighted by Gasteiger charge is -2.15. The molecule has 0 aromatic heterocycles. The van der Waals surface area contributed by atoms with E-state index in [-0.39, 0.29) is 5.56 Å². The van der Waals surface area contributed by atoms with E-state index in [1.165, 1.54) is 0 Å². The molecule has 0 heterocycles. The summed E-state index contributed by atoms with van der Waals surface area (Å²) in [5, 5.41) is 8.72. The number of aliphatic hydroxyl groups excluding tert-OH is 1. The highest BCUT2D eigenvalue weighted by molar-refractivity contribution is 5.41. The molecular weight excluding hydrogens is 235 g/mol. The third kappa shape index (κ3) is 3.06. The van der Waals surface area contributed by atoms with Crippen LogP contribution in [0.5, 0.6) is 5.75 Å². The first-order chi connectivity index (χ1) is 7.35. The maximum absolute atomic E-state index is 12.5. The second-order valence-corrected chi connectivity index (χ2v) is 2.84. The van der Waals surface area contributed by atoms with Crippen LogP contribution in [0.2, 0.25) is 0 Å². The summed E-state index contributed by atoms with van der Waals surface area (Å²) < 4.78 is 64.1. The second kappa shape index (κ2) is 4.65. The van der Waals surface area contributed by atoms with Gasteiger partial charge in [0, 0.05) is 0 Å². The average Bonchev–Trinajstić information content (AvgIpc) is 2.14. The molecule has 1 rings (SSSR count). The molecule has 1 N–H and O–H groups in total. The highest BCUT2D eigenvalue weighted by Crippen LogP contribution is 2.35. The van der Waals surface area contributed by atoms with Crippen molar-refractivity contribution < 1.29 is 31.8 Å². The first kappa shape index (κ1) is 12.7. The maximum atomic E-state index is 12.5. The SMILES string of the molecule is OCc1cccc(OC(F)(F)F)c1C(F)F. The molecule has 0 saturated heterocycles. The van der Waals surface area contributed by atoms with Crippen LogP contribution >= 0.6 is 0 Å². The van der Waals surface area contributed by atoms with Crippen molar-refractivity contribution in [2.24, 2.45) is 0 Å². The number of hydrogen-bond acceptors (Lipinski definition) is 2. The van der Waals surface area contributed by atoms with Crippen LogP contribution in [0.3, 0.4) is 0 Å². The Labute approximate surface area is 87.3 Å². The minimum Gasteiger partial charge on any atom is -0.405 e. The molecule has 0 amide bonds. The summed E-state index contributed by atoms with van der Waals surface area (Å²) in [6.45, 7) is -0.783. The smallest absolute Gasteiger partial charge is 0.405 e. The maximum Gasteiger partial charge on any atom is 0.573 e. The molecule has 1 aromatic rings. The van der Waals surface area contributed by atoms with Crippen molar-refractivity contribution >= 4 is 0 Å². The third-order valence-corrected chi connectivity index (χ3v) is 1.77. The molecule has 0 aliphatic heterocycles. The topological polar surface area (TPSA) is 29.5 Å². The highest BCUT2D eigenvalue weighted by Gasteiger charge is 2.33. The van der Waals surface area contributed by atoms with Crippen molar-refractivity contribution in [3.63, 3.8) is 0 Å². The van der Waals surface area contributed by atoms with Gasteiger partial charge in [-0.25, -0.2) is 8.78 Å². The number of alkyl halides is 5. The molecule has 16 heavy (non-hydrogen) atoms. The molecule has 0 atom stereocenters. The molecule has 90 valence electrons. The van der Waals surface area contributed by atoms with E-state index in [1.807, 2.05) is 0 Å². The molecule has 0 saturated carbocycles. The molecule has 0 fully saturated rings. The van der Waals surface area contributed by atoms with Crippen molar-refractivity contribution in [2.75, 3.05) is 0 Å². The van der Waals surface area contributed by atoms with Gasteiger partial charge < -0.3 is 9.84 Å². The van der Waals surface area contributed by atoms with E-state index in [9.17, 15) is 22.0 Å². The van der Waals surface area contributed by atoms with Gasteiger partial charge in [-0.2, -0.15) is 0 Å². The Morgan fingerprint density at radius 2 is 1.88 bits per heavy atom. The highest BCUT2D eigenvalue weighted by atomic mass is 19.4. The Kier molecular flexibility index (Phi) is 3.69. The van der Waals surface area contributed by atoms with Crippen molar-refractivity contribution in [1.29, 1.82) is 0 Å². The van der Waals surface area contributed by atoms with Crippen LogP contribution in [-0.2, 0) is 6.61 Å². The quantitative estimate of drug-likeness (QED) is 0.825. The summed E-state index contributed by atoms with van der Waals surface area (Å²) in [5.41, 5.74) is -1.24. The van der Waals surface area contributed by atoms with E-state index in [1.54, 1.807) is 0 Å². The molecule has 0 spiro atoms. The normalized spacial score (nSPS) is 11.9. The number of benzene rings is 1. The number of aliphatic hydroxyl groups is 1. The number of hydrogen-bond donors (Lipinski definition) is 1. The largest absolute Gasteiger partial charge is 0.573 e. The lowest BCUT2D eigenvalue weighted by molar-refractivity contribution is -0.275. The van der Waals surface area contributed by atoms with Gasteiger partial charge in [0.15, 0.2) is 0 Å². The van der Waals surface area contributed by atoms with Crippen LogP contribution in [0.15, 0.2) is 18.2 Å². The van der Waals surface area contributed by atoms with Gasteiger partial charge in [0.05, 0.1) is 12.2 Å². The Morgan fingerprint density at radius 1 is 1.25 bits per heavy atom. The van der Waals surface area contributed by atoms with Crippen molar-refractivity contribution in [3.05, 3.63) is 29.3 Å². The molecule has 0 unspecified atom stereocenters. The van der Waals surface area contributed by atoms with E-state index in [4.69, 9.17) is 5.11 Å². The molecule has 0 aliphatic rings. The monoisotopic (exact) mass is 242 g/mol. The first-order valence-corrected chi connectivity index (χ1v) is 4.11. The summed E-state index contributed by atoms with van der Waals surface area (Å²) in [7, 11) is 0. The zero-order valence-electron chi connectivity index (χ0n) is 7.76. The minimum atomic E-state index is -5.04. The molecule has 0 aliphatic carbocycles. The van der Waals surface area contributed by atoms with Gasteiger partial charge in [-0.1, -0.05) is 12.1 Å². The molecule has 2 nitrogen and oxygen atoms in total. The number of rotatable bonds is 3. The Bertz CT molecular complexity index is 361. The van der Waals surface area contributed by atoms with E-state index >= 15 is 0 Å². The molecule has 1 aromatic carbocycles. The predicted octanol–water partition coefficient (Wildman–Crippen LogP) is 3.02. The van der Waals surface area contributed by atoms with E-state index < -0.39 is 30.7 Å². The molecule has 7 heteroatoms. The van der Waals surface area contributed by atoms with Gasteiger partial charge in [-0.3, -0.25) is 0 Å². The van der Waals surface area contributed by atoms with E-state index in [0.29, 0.717) is 0 Å². The van der Waals surface area contributed by atoms with E-state index in [2.05, 4.69) is 4.74 Å². The lowest BCUT2D eigenvalue weighted by Crippen LogP contribution is -2.18. The van der Waals surface area contributed by atoms with Gasteiger partial charge in [-0.05, 0) is 11.6 Å². The first-order valence-electron chi connectivity index (χ1n) is 4.11. The van der Waals surface area contributed by atoms with Gasteiger partial charge in [0.25, 0.3) is 6.43 Å². The van der Waals surface area contributed by atoms with Gasteiger partial charge >= 0.3 is 6.36 Å². The molecule has 0 radical (unpaired) electrons. The van der Waals surface area contributed by atoms with Gasteiger partial charge in [0.1, 0.15) is 5.75 Å². The average molecular weight is 242 g/mol. The van der Waals surface area contributed by atoms with Crippen molar-refractivity contribution in [2.45, 2.75) is 19.4 Å². The Hall–Kier alpha value is -1.37. The zero-order valence-corrected chi connectivity index (χ0v) is 7.76. The number of ether oxygens (including phenoxy) is 1. The van der Waals surface area contributed by atoms with E-state index in [0.717, 1.165) is 18.2 Å². The fourth-order valence-electron chi connectivity index (χ4n) is 1.19. The summed E-state index contributed by atoms with van der Waals surface area (Å²) in [6.07, 6.45) is -8.20.